The second-order valence-corrected chi connectivity index (χ2v) is 8.98. The Morgan fingerprint density at radius 3 is 2.44 bits per heavy atom. The number of benzene rings is 1. The fourth-order valence-electron chi connectivity index (χ4n) is 3.82. The molecule has 0 saturated carbocycles. The van der Waals surface area contributed by atoms with Crippen molar-refractivity contribution in [3.05, 3.63) is 94.6 Å². The Morgan fingerprint density at radius 2 is 1.78 bits per heavy atom. The van der Waals surface area contributed by atoms with Crippen LogP contribution in [0.2, 0.25) is 0 Å². The van der Waals surface area contributed by atoms with Gasteiger partial charge in [0.2, 0.25) is 0 Å². The van der Waals surface area contributed by atoms with Crippen LogP contribution in [0.25, 0.3) is 0 Å². The van der Waals surface area contributed by atoms with E-state index in [1.54, 1.807) is 43.3 Å². The van der Waals surface area contributed by atoms with Gasteiger partial charge in [-0.15, -0.1) is 0 Å². The van der Waals surface area contributed by atoms with E-state index in [4.69, 9.17) is 4.74 Å². The van der Waals surface area contributed by atoms with Crippen molar-refractivity contribution < 1.29 is 19.4 Å². The second-order valence-electron chi connectivity index (χ2n) is 8.98. The number of aliphatic hydroxyl groups excluding tert-OH is 1. The molecular formula is C28H34O4. The van der Waals surface area contributed by atoms with Gasteiger partial charge in [-0.2, -0.15) is 0 Å². The quantitative estimate of drug-likeness (QED) is 0.236. The number of aliphatic hydroxyl groups is 1. The Kier molecular flexibility index (Phi) is 9.15. The average Bonchev–Trinajstić information content (AvgIpc) is 2.72. The number of ether oxygens (including phenoxy) is 1. The molecule has 1 aromatic carbocycles. The third-order valence-electron chi connectivity index (χ3n) is 5.66. The Balaban J connectivity index is 1.93. The summed E-state index contributed by atoms with van der Waals surface area (Å²) in [6.45, 7) is 10.6. The van der Waals surface area contributed by atoms with E-state index in [0.717, 1.165) is 12.0 Å². The molecule has 4 nitrogen and oxygen atoms in total. The van der Waals surface area contributed by atoms with Gasteiger partial charge in [-0.25, -0.2) is 9.59 Å². The lowest BCUT2D eigenvalue weighted by Crippen LogP contribution is -2.19. The van der Waals surface area contributed by atoms with Crippen LogP contribution in [0.5, 0.6) is 0 Å². The van der Waals surface area contributed by atoms with Gasteiger partial charge < -0.3 is 9.84 Å². The molecule has 170 valence electrons. The van der Waals surface area contributed by atoms with Crippen LogP contribution in [0.15, 0.2) is 89.1 Å². The number of rotatable bonds is 7. The molecule has 0 aromatic heterocycles. The van der Waals surface area contributed by atoms with Crippen LogP contribution in [0, 0.1) is 5.41 Å². The van der Waals surface area contributed by atoms with E-state index >= 15 is 0 Å². The van der Waals surface area contributed by atoms with E-state index in [2.05, 4.69) is 32.9 Å². The molecular weight excluding hydrogens is 400 g/mol. The summed E-state index contributed by atoms with van der Waals surface area (Å²) in [5.74, 6) is -1.81. The molecule has 1 atom stereocenters. The summed E-state index contributed by atoms with van der Waals surface area (Å²) in [5, 5.41) is 9.99. The van der Waals surface area contributed by atoms with E-state index < -0.39 is 18.0 Å². The third kappa shape index (κ3) is 7.61. The van der Waals surface area contributed by atoms with Crippen molar-refractivity contribution in [2.24, 2.45) is 5.41 Å². The molecule has 0 radical (unpaired) electrons. The third-order valence-corrected chi connectivity index (χ3v) is 5.66. The summed E-state index contributed by atoms with van der Waals surface area (Å²) in [6, 6.07) is 8.35. The van der Waals surface area contributed by atoms with E-state index in [9.17, 15) is 14.7 Å². The van der Waals surface area contributed by atoms with Gasteiger partial charge in [0.1, 0.15) is 0 Å². The molecule has 1 N–H and O–H groups in total. The number of hydrogen-bond acceptors (Lipinski definition) is 4. The molecule has 0 saturated heterocycles. The molecule has 0 amide bonds. The molecule has 1 aromatic rings. The summed E-state index contributed by atoms with van der Waals surface area (Å²) < 4.78 is 4.73. The predicted molar refractivity (Wildman–Crippen MR) is 129 cm³/mol. The van der Waals surface area contributed by atoms with Gasteiger partial charge in [-0.3, -0.25) is 0 Å². The Hall–Kier alpha value is -2.98. The van der Waals surface area contributed by atoms with Gasteiger partial charge in [-0.1, -0.05) is 85.7 Å². The average molecular weight is 435 g/mol. The molecule has 1 unspecified atom stereocenters. The van der Waals surface area contributed by atoms with Gasteiger partial charge in [0.15, 0.2) is 6.10 Å². The Bertz CT molecular complexity index is 972. The number of allylic oxidation sites excluding steroid dienone is 9. The second kappa shape index (κ2) is 11.6. The fraction of sp³-hybridized carbons (Fsp3) is 0.357. The molecule has 4 heteroatoms. The van der Waals surface area contributed by atoms with Crippen molar-refractivity contribution in [3.8, 4) is 0 Å². The van der Waals surface area contributed by atoms with Crippen molar-refractivity contribution in [1.82, 2.24) is 0 Å². The van der Waals surface area contributed by atoms with Crippen LogP contribution in [-0.2, 0) is 14.3 Å². The van der Waals surface area contributed by atoms with Gasteiger partial charge in [0, 0.05) is 6.08 Å². The normalized spacial score (nSPS) is 18.3. The van der Waals surface area contributed by atoms with Gasteiger partial charge >= 0.3 is 11.9 Å². The highest BCUT2D eigenvalue weighted by molar-refractivity contribution is 5.94. The fourth-order valence-corrected chi connectivity index (χ4v) is 3.82. The first kappa shape index (κ1) is 25.3. The Morgan fingerprint density at radius 1 is 1.09 bits per heavy atom. The molecule has 0 bridgehead atoms. The minimum Gasteiger partial charge on any atom is -0.388 e. The zero-order valence-electron chi connectivity index (χ0n) is 19.7. The summed E-state index contributed by atoms with van der Waals surface area (Å²) in [6.07, 6.45) is 13.3. The summed E-state index contributed by atoms with van der Waals surface area (Å²) in [7, 11) is 0. The summed E-state index contributed by atoms with van der Waals surface area (Å²) >= 11 is 0. The van der Waals surface area contributed by atoms with Crippen LogP contribution in [0.4, 0.5) is 0 Å². The highest BCUT2D eigenvalue weighted by Crippen LogP contribution is 2.40. The lowest BCUT2D eigenvalue weighted by Gasteiger charge is -2.32. The van der Waals surface area contributed by atoms with Crippen LogP contribution in [-0.4, -0.2) is 17.0 Å². The van der Waals surface area contributed by atoms with Crippen molar-refractivity contribution >= 4 is 11.9 Å². The van der Waals surface area contributed by atoms with Crippen LogP contribution >= 0.6 is 0 Å². The minimum absolute atomic E-state index is 0.208. The van der Waals surface area contributed by atoms with E-state index in [1.807, 2.05) is 19.1 Å². The highest BCUT2D eigenvalue weighted by Gasteiger charge is 2.26. The highest BCUT2D eigenvalue weighted by atomic mass is 16.6. The zero-order valence-corrected chi connectivity index (χ0v) is 19.7. The van der Waals surface area contributed by atoms with Crippen molar-refractivity contribution in [1.29, 1.82) is 0 Å². The van der Waals surface area contributed by atoms with Crippen LogP contribution in [0.3, 0.4) is 0 Å². The molecule has 2 rings (SSSR count). The number of carbonyl (C=O) groups excluding carboxylic acids is 2. The van der Waals surface area contributed by atoms with Gasteiger partial charge in [0.05, 0.1) is 0 Å². The lowest BCUT2D eigenvalue weighted by molar-refractivity contribution is -0.163. The topological polar surface area (TPSA) is 63.6 Å². The molecule has 0 aliphatic heterocycles. The van der Waals surface area contributed by atoms with Crippen molar-refractivity contribution in [3.63, 3.8) is 0 Å². The number of carbonyl (C=O) groups is 2. The minimum atomic E-state index is -1.49. The number of hydrogen-bond donors (Lipinski definition) is 1. The largest absolute Gasteiger partial charge is 0.388 e. The lowest BCUT2D eigenvalue weighted by atomic mass is 9.72. The van der Waals surface area contributed by atoms with Crippen molar-refractivity contribution in [2.75, 3.05) is 0 Å². The van der Waals surface area contributed by atoms with E-state index in [0.29, 0.717) is 11.1 Å². The maximum Gasteiger partial charge on any atom is 0.347 e. The standard InChI is InChI=1S/C28H34O4/c1-20(16-17-24-22(3)13-10-18-28(24,4)5)11-9-12-21(2)19-25(29)32-27(31)26(30)23-14-7-6-8-15-23/h6-9,11-12,14-17,19,26,30H,10,13,18H2,1-5H3/b12-9+,17-16+,20-11+,21-19+. The van der Waals surface area contributed by atoms with Crippen LogP contribution in [0.1, 0.15) is 65.5 Å². The van der Waals surface area contributed by atoms with Gasteiger partial charge in [0.25, 0.3) is 0 Å². The summed E-state index contributed by atoms with van der Waals surface area (Å²) in [4.78, 5) is 23.9. The number of esters is 2. The zero-order chi connectivity index (χ0) is 23.7. The van der Waals surface area contributed by atoms with E-state index in [-0.39, 0.29) is 5.41 Å². The first-order chi connectivity index (χ1) is 15.1. The first-order valence-electron chi connectivity index (χ1n) is 11.0. The predicted octanol–water partition coefficient (Wildman–Crippen LogP) is 6.32. The molecule has 0 fully saturated rings. The SMILES string of the molecule is CC1=C(/C=C/C(C)=C/C=C/C(C)=C/C(=O)OC(=O)C(O)c2ccccc2)C(C)(C)CCC1. The molecule has 0 spiro atoms. The molecule has 0 heterocycles. The maximum absolute atomic E-state index is 12.0. The summed E-state index contributed by atoms with van der Waals surface area (Å²) in [5.41, 5.74) is 5.20. The van der Waals surface area contributed by atoms with Crippen LogP contribution < -0.4 is 0 Å². The maximum atomic E-state index is 12.0. The Labute approximate surface area is 191 Å². The molecule has 32 heavy (non-hydrogen) atoms. The monoisotopic (exact) mass is 434 g/mol. The van der Waals surface area contributed by atoms with E-state index in [1.165, 1.54) is 30.1 Å². The van der Waals surface area contributed by atoms with Crippen molar-refractivity contribution in [2.45, 2.75) is 60.0 Å². The smallest absolute Gasteiger partial charge is 0.347 e. The van der Waals surface area contributed by atoms with Gasteiger partial charge in [-0.05, 0) is 62.2 Å². The molecule has 1 aliphatic carbocycles. The first-order valence-corrected chi connectivity index (χ1v) is 11.0. The molecule has 1 aliphatic rings.